The molecule has 3 N–H and O–H groups in total. The first-order valence-corrected chi connectivity index (χ1v) is 10.6. The third-order valence-electron chi connectivity index (χ3n) is 5.81. The minimum Gasteiger partial charge on any atom is -0.366 e. The lowest BCUT2D eigenvalue weighted by molar-refractivity contribution is 0.100. The van der Waals surface area contributed by atoms with Crippen LogP contribution in [0.2, 0.25) is 0 Å². The predicted octanol–water partition coefficient (Wildman–Crippen LogP) is 2.78. The summed E-state index contributed by atoms with van der Waals surface area (Å²) in [4.78, 5) is 41.5. The number of nitrogens with zero attached hydrogens (tertiary/aromatic N) is 2. The molecule has 4 rings (SSSR count). The van der Waals surface area contributed by atoms with Crippen molar-refractivity contribution >= 4 is 34.8 Å². The average molecular weight is 455 g/mol. The number of nitrogens with one attached hydrogen (secondary N) is 1. The highest BCUT2D eigenvalue weighted by Crippen LogP contribution is 2.22. The van der Waals surface area contributed by atoms with E-state index >= 15 is 0 Å². The number of halogens is 1. The van der Waals surface area contributed by atoms with Gasteiger partial charge in [-0.3, -0.25) is 19.1 Å². The molecule has 0 unspecified atom stereocenters. The van der Waals surface area contributed by atoms with Crippen LogP contribution in [0.5, 0.6) is 0 Å². The molecular weight excluding hydrogens is 428 g/mol. The van der Waals surface area contributed by atoms with Gasteiger partial charge >= 0.3 is 5.69 Å². The van der Waals surface area contributed by atoms with Gasteiger partial charge in [-0.25, -0.2) is 4.79 Å². The molecule has 0 atom stereocenters. The van der Waals surface area contributed by atoms with Gasteiger partial charge in [0, 0.05) is 25.2 Å². The van der Waals surface area contributed by atoms with Crippen molar-refractivity contribution in [3.63, 3.8) is 0 Å². The van der Waals surface area contributed by atoms with Crippen LogP contribution in [-0.4, -0.2) is 40.0 Å². The number of nitrogens with two attached hydrogens (primary N) is 1. The lowest BCUT2D eigenvalue weighted by atomic mass is 9.99. The van der Waals surface area contributed by atoms with E-state index < -0.39 is 11.6 Å². The molecule has 1 amide bonds. The van der Waals surface area contributed by atoms with Gasteiger partial charge in [0.2, 0.25) is 5.91 Å². The Morgan fingerprint density at radius 3 is 2.47 bits per heavy atom. The monoisotopic (exact) mass is 454 g/mol. The first-order chi connectivity index (χ1) is 15.0. The van der Waals surface area contributed by atoms with Gasteiger partial charge in [-0.2, -0.15) is 0 Å². The molecule has 0 saturated heterocycles. The Hall–Kier alpha value is -3.16. The molecule has 7 nitrogen and oxygen atoms in total. The molecule has 1 aliphatic rings. The standard InChI is InChI=1S/C24H26N4O3.ClH/c25-22(29)19-8-9-20-21(16-19)26-24(31)28(23(20)30)13-5-4-12-27-14-10-18(11-15-27)17-6-2-1-3-7-17;/h1-3,6-10,16H,4-5,11-15H2,(H2,25,29)(H,26,31);1H. The number of benzene rings is 2. The zero-order chi connectivity index (χ0) is 21.8. The zero-order valence-corrected chi connectivity index (χ0v) is 18.6. The minimum absolute atomic E-state index is 0. The highest BCUT2D eigenvalue weighted by Gasteiger charge is 2.13. The van der Waals surface area contributed by atoms with Crippen LogP contribution in [0.15, 0.2) is 64.2 Å². The normalized spacial score (nSPS) is 14.1. The summed E-state index contributed by atoms with van der Waals surface area (Å²) in [6, 6.07) is 14.9. The van der Waals surface area contributed by atoms with Crippen molar-refractivity contribution in [3.05, 3.63) is 86.6 Å². The second kappa shape index (κ2) is 10.4. The number of rotatable bonds is 7. The molecule has 32 heavy (non-hydrogen) atoms. The van der Waals surface area contributed by atoms with E-state index in [4.69, 9.17) is 5.73 Å². The van der Waals surface area contributed by atoms with Crippen LogP contribution in [0.3, 0.4) is 0 Å². The van der Waals surface area contributed by atoms with Crippen LogP contribution in [0.1, 0.15) is 35.2 Å². The molecule has 2 aromatic carbocycles. The molecule has 0 saturated carbocycles. The van der Waals surface area contributed by atoms with E-state index in [-0.39, 0.29) is 23.5 Å². The van der Waals surface area contributed by atoms with Gasteiger partial charge < -0.3 is 10.7 Å². The highest BCUT2D eigenvalue weighted by atomic mass is 35.5. The van der Waals surface area contributed by atoms with Crippen LogP contribution in [-0.2, 0) is 6.54 Å². The molecule has 2 heterocycles. The Morgan fingerprint density at radius 2 is 1.78 bits per heavy atom. The summed E-state index contributed by atoms with van der Waals surface area (Å²) >= 11 is 0. The summed E-state index contributed by atoms with van der Waals surface area (Å²) in [6.07, 6.45) is 4.96. The maximum absolute atomic E-state index is 12.7. The molecule has 0 fully saturated rings. The predicted molar refractivity (Wildman–Crippen MR) is 129 cm³/mol. The minimum atomic E-state index is -0.602. The average Bonchev–Trinajstić information content (AvgIpc) is 2.79. The van der Waals surface area contributed by atoms with E-state index in [1.165, 1.54) is 33.9 Å². The molecule has 3 aromatic rings. The van der Waals surface area contributed by atoms with Crippen LogP contribution < -0.4 is 17.0 Å². The topological polar surface area (TPSA) is 101 Å². The van der Waals surface area contributed by atoms with E-state index in [1.54, 1.807) is 0 Å². The van der Waals surface area contributed by atoms with Crippen molar-refractivity contribution in [2.24, 2.45) is 5.73 Å². The van der Waals surface area contributed by atoms with Crippen LogP contribution in [0.25, 0.3) is 16.5 Å². The van der Waals surface area contributed by atoms with Gasteiger partial charge in [-0.05, 0) is 55.1 Å². The molecule has 0 bridgehead atoms. The molecule has 0 radical (unpaired) electrons. The van der Waals surface area contributed by atoms with Crippen LogP contribution >= 0.6 is 12.4 Å². The second-order valence-electron chi connectivity index (χ2n) is 7.86. The number of aromatic amines is 1. The van der Waals surface area contributed by atoms with E-state index in [9.17, 15) is 14.4 Å². The largest absolute Gasteiger partial charge is 0.366 e. The van der Waals surface area contributed by atoms with E-state index in [0.717, 1.165) is 38.9 Å². The van der Waals surface area contributed by atoms with E-state index in [0.29, 0.717) is 17.4 Å². The smallest absolute Gasteiger partial charge is 0.328 e. The summed E-state index contributed by atoms with van der Waals surface area (Å²) in [5.74, 6) is -0.602. The third-order valence-corrected chi connectivity index (χ3v) is 5.81. The number of fused-ring (bicyclic) bond motifs is 1. The van der Waals surface area contributed by atoms with Gasteiger partial charge in [-0.15, -0.1) is 12.4 Å². The lowest BCUT2D eigenvalue weighted by Gasteiger charge is -2.26. The van der Waals surface area contributed by atoms with Gasteiger partial charge in [0.25, 0.3) is 5.56 Å². The highest BCUT2D eigenvalue weighted by molar-refractivity contribution is 5.96. The second-order valence-corrected chi connectivity index (χ2v) is 7.86. The molecular formula is C24H27ClN4O3. The number of primary amides is 1. The Morgan fingerprint density at radius 1 is 1.03 bits per heavy atom. The first kappa shape index (κ1) is 23.5. The number of H-pyrrole nitrogens is 1. The maximum atomic E-state index is 12.7. The SMILES string of the molecule is Cl.NC(=O)c1ccc2c(=O)n(CCCCN3CC=C(c4ccccc4)CC3)c(=O)[nH]c2c1. The Kier molecular flexibility index (Phi) is 7.66. The third kappa shape index (κ3) is 5.18. The van der Waals surface area contributed by atoms with Crippen molar-refractivity contribution in [1.82, 2.24) is 14.5 Å². The fourth-order valence-corrected chi connectivity index (χ4v) is 4.04. The van der Waals surface area contributed by atoms with Crippen LogP contribution in [0.4, 0.5) is 0 Å². The molecule has 0 aliphatic carbocycles. The zero-order valence-electron chi connectivity index (χ0n) is 17.8. The summed E-state index contributed by atoms with van der Waals surface area (Å²) in [7, 11) is 0. The number of unbranched alkanes of at least 4 members (excludes halogenated alkanes) is 1. The number of carbonyl (C=O) groups is 1. The number of carbonyl (C=O) groups excluding carboxylic acids is 1. The van der Waals surface area contributed by atoms with E-state index in [1.807, 2.05) is 6.07 Å². The Balaban J connectivity index is 0.00000289. The van der Waals surface area contributed by atoms with Gasteiger partial charge in [-0.1, -0.05) is 36.4 Å². The quantitative estimate of drug-likeness (QED) is 0.536. The fraction of sp³-hybridized carbons (Fsp3) is 0.292. The summed E-state index contributed by atoms with van der Waals surface area (Å²) in [5.41, 5.74) is 7.73. The number of hydrogen-bond acceptors (Lipinski definition) is 4. The van der Waals surface area contributed by atoms with Gasteiger partial charge in [0.1, 0.15) is 0 Å². The first-order valence-electron chi connectivity index (χ1n) is 10.6. The molecule has 1 aliphatic heterocycles. The summed E-state index contributed by atoms with van der Waals surface area (Å²) in [6.45, 7) is 3.23. The van der Waals surface area contributed by atoms with Gasteiger partial charge in [0.05, 0.1) is 10.9 Å². The Labute approximate surface area is 192 Å². The number of hydrogen-bond donors (Lipinski definition) is 2. The number of amides is 1. The Bertz CT molecular complexity index is 1250. The van der Waals surface area contributed by atoms with Gasteiger partial charge in [0.15, 0.2) is 0 Å². The fourth-order valence-electron chi connectivity index (χ4n) is 4.04. The van der Waals surface area contributed by atoms with Crippen molar-refractivity contribution < 1.29 is 4.79 Å². The molecule has 0 spiro atoms. The lowest BCUT2D eigenvalue weighted by Crippen LogP contribution is -2.35. The van der Waals surface area contributed by atoms with Crippen molar-refractivity contribution in [2.75, 3.05) is 19.6 Å². The van der Waals surface area contributed by atoms with Crippen LogP contribution in [0, 0.1) is 0 Å². The van der Waals surface area contributed by atoms with Crippen molar-refractivity contribution in [1.29, 1.82) is 0 Å². The maximum Gasteiger partial charge on any atom is 0.328 e. The number of aromatic nitrogens is 2. The molecule has 1 aromatic heterocycles. The summed E-state index contributed by atoms with van der Waals surface area (Å²) in [5, 5.41) is 0.374. The van der Waals surface area contributed by atoms with Crippen molar-refractivity contribution in [2.45, 2.75) is 25.8 Å². The summed E-state index contributed by atoms with van der Waals surface area (Å²) < 4.78 is 1.23. The van der Waals surface area contributed by atoms with Crippen molar-refractivity contribution in [3.8, 4) is 0 Å². The molecule has 8 heteroatoms. The van der Waals surface area contributed by atoms with E-state index in [2.05, 4.69) is 40.2 Å². The molecule has 168 valence electrons.